The topological polar surface area (TPSA) is 39.2 Å². The van der Waals surface area contributed by atoms with Crippen molar-refractivity contribution in [2.75, 3.05) is 0 Å². The first kappa shape index (κ1) is 13.3. The normalized spacial score (nSPS) is 27.8. The van der Waals surface area contributed by atoms with E-state index in [1.807, 2.05) is 0 Å². The summed E-state index contributed by atoms with van der Waals surface area (Å²) in [5, 5.41) is 0.208. The first-order valence-electron chi connectivity index (χ1n) is 6.37. The molecule has 0 saturated heterocycles. The maximum atomic E-state index is 12.0. The van der Waals surface area contributed by atoms with Gasteiger partial charge < -0.3 is 4.74 Å². The van der Waals surface area contributed by atoms with E-state index in [0.717, 1.165) is 12.8 Å². The monoisotopic (exact) mass is 267 g/mol. The Kier molecular flexibility index (Phi) is 4.23. The molecular formula is C14H18ClNO2. The van der Waals surface area contributed by atoms with Crippen LogP contribution in [0, 0.1) is 11.8 Å². The Morgan fingerprint density at radius 2 is 2.00 bits per heavy atom. The van der Waals surface area contributed by atoms with Crippen molar-refractivity contribution in [1.82, 2.24) is 4.98 Å². The van der Waals surface area contributed by atoms with Gasteiger partial charge in [-0.2, -0.15) is 0 Å². The Hall–Kier alpha value is -1.09. The molecule has 1 aromatic heterocycles. The Bertz CT molecular complexity index is 426. The molecule has 3 nitrogen and oxygen atoms in total. The van der Waals surface area contributed by atoms with Gasteiger partial charge in [-0.25, -0.2) is 9.78 Å². The lowest BCUT2D eigenvalue weighted by Gasteiger charge is -2.31. The molecule has 0 spiro atoms. The van der Waals surface area contributed by atoms with Crippen molar-refractivity contribution in [2.24, 2.45) is 11.8 Å². The molecule has 1 fully saturated rings. The van der Waals surface area contributed by atoms with Gasteiger partial charge in [-0.3, -0.25) is 0 Å². The zero-order valence-corrected chi connectivity index (χ0v) is 11.5. The van der Waals surface area contributed by atoms with Crippen LogP contribution in [0.3, 0.4) is 0 Å². The van der Waals surface area contributed by atoms with Gasteiger partial charge in [0.15, 0.2) is 0 Å². The molecule has 0 N–H and O–H groups in total. The maximum Gasteiger partial charge on any atom is 0.341 e. The third-order valence-corrected chi connectivity index (χ3v) is 3.69. The predicted molar refractivity (Wildman–Crippen MR) is 70.6 cm³/mol. The summed E-state index contributed by atoms with van der Waals surface area (Å²) in [6.45, 7) is 4.40. The molecule has 0 aliphatic heterocycles. The third-order valence-electron chi connectivity index (χ3n) is 3.39. The van der Waals surface area contributed by atoms with Crippen molar-refractivity contribution < 1.29 is 9.53 Å². The Balaban J connectivity index is 2.01. The molecule has 1 aliphatic rings. The molecule has 2 unspecified atom stereocenters. The molecular weight excluding hydrogens is 250 g/mol. The fraction of sp³-hybridized carbons (Fsp3) is 0.571. The second kappa shape index (κ2) is 5.70. The second-order valence-electron chi connectivity index (χ2n) is 5.29. The summed E-state index contributed by atoms with van der Waals surface area (Å²) in [6, 6.07) is 3.34. The number of hydrogen-bond donors (Lipinski definition) is 0. The number of pyridine rings is 1. The number of nitrogens with zero attached hydrogens (tertiary/aromatic N) is 1. The fourth-order valence-corrected chi connectivity index (χ4v) is 2.92. The highest BCUT2D eigenvalue weighted by Crippen LogP contribution is 2.31. The zero-order chi connectivity index (χ0) is 13.1. The highest BCUT2D eigenvalue weighted by atomic mass is 35.5. The van der Waals surface area contributed by atoms with E-state index >= 15 is 0 Å². The minimum absolute atomic E-state index is 0.00697. The molecule has 1 heterocycles. The summed E-state index contributed by atoms with van der Waals surface area (Å²) in [6.07, 6.45) is 4.65. The van der Waals surface area contributed by atoms with Crippen molar-refractivity contribution in [2.45, 2.75) is 39.2 Å². The summed E-state index contributed by atoms with van der Waals surface area (Å²) in [4.78, 5) is 15.9. The highest BCUT2D eigenvalue weighted by Gasteiger charge is 2.27. The Morgan fingerprint density at radius 1 is 1.33 bits per heavy atom. The summed E-state index contributed by atoms with van der Waals surface area (Å²) < 4.78 is 5.54. The predicted octanol–water partition coefficient (Wildman–Crippen LogP) is 3.72. The average Bonchev–Trinajstić information content (AvgIpc) is 2.27. The zero-order valence-electron chi connectivity index (χ0n) is 10.7. The van der Waals surface area contributed by atoms with Gasteiger partial charge in [-0.15, -0.1) is 0 Å². The first-order valence-corrected chi connectivity index (χ1v) is 6.75. The smallest absolute Gasteiger partial charge is 0.341 e. The maximum absolute atomic E-state index is 12.0. The molecule has 0 aromatic carbocycles. The van der Waals surface area contributed by atoms with Crippen LogP contribution >= 0.6 is 11.6 Å². The lowest BCUT2D eigenvalue weighted by molar-refractivity contribution is 0.00804. The molecule has 2 atom stereocenters. The number of rotatable bonds is 2. The minimum atomic E-state index is -0.362. The molecule has 2 rings (SSSR count). The third kappa shape index (κ3) is 3.22. The largest absolute Gasteiger partial charge is 0.459 e. The van der Waals surface area contributed by atoms with Crippen molar-refractivity contribution in [1.29, 1.82) is 0 Å². The molecule has 98 valence electrons. The Labute approximate surface area is 113 Å². The number of carbonyl (C=O) groups is 1. The van der Waals surface area contributed by atoms with Gasteiger partial charge in [0.1, 0.15) is 11.3 Å². The number of ether oxygens (including phenoxy) is 1. The van der Waals surface area contributed by atoms with Crippen LogP contribution in [0.25, 0.3) is 0 Å². The lowest BCUT2D eigenvalue weighted by atomic mass is 9.82. The van der Waals surface area contributed by atoms with E-state index < -0.39 is 0 Å². The quantitative estimate of drug-likeness (QED) is 0.606. The van der Waals surface area contributed by atoms with E-state index in [1.165, 1.54) is 6.42 Å². The lowest BCUT2D eigenvalue weighted by Crippen LogP contribution is -2.28. The molecule has 0 radical (unpaired) electrons. The van der Waals surface area contributed by atoms with Crippen LogP contribution in [0.5, 0.6) is 0 Å². The standard InChI is InChI=1S/C14H18ClNO2/c1-9-6-10(2)8-11(7-9)18-14(17)12-4-3-5-16-13(12)15/h3-5,9-11H,6-8H2,1-2H3. The van der Waals surface area contributed by atoms with Crippen LogP contribution in [-0.2, 0) is 4.74 Å². The van der Waals surface area contributed by atoms with E-state index in [9.17, 15) is 4.79 Å². The van der Waals surface area contributed by atoms with E-state index in [2.05, 4.69) is 18.8 Å². The van der Waals surface area contributed by atoms with Crippen LogP contribution in [0.15, 0.2) is 18.3 Å². The van der Waals surface area contributed by atoms with Crippen LogP contribution in [0.1, 0.15) is 43.5 Å². The van der Waals surface area contributed by atoms with Gasteiger partial charge in [0.05, 0.1) is 5.56 Å². The summed E-state index contributed by atoms with van der Waals surface area (Å²) in [5.41, 5.74) is 0.352. The van der Waals surface area contributed by atoms with Crippen molar-refractivity contribution in [3.05, 3.63) is 29.0 Å². The molecule has 18 heavy (non-hydrogen) atoms. The summed E-state index contributed by atoms with van der Waals surface area (Å²) in [5.74, 6) is 0.853. The second-order valence-corrected chi connectivity index (χ2v) is 5.64. The number of esters is 1. The molecule has 1 saturated carbocycles. The van der Waals surface area contributed by atoms with Crippen LogP contribution in [0.2, 0.25) is 5.15 Å². The van der Waals surface area contributed by atoms with E-state index in [0.29, 0.717) is 17.4 Å². The van der Waals surface area contributed by atoms with Gasteiger partial charge in [0.25, 0.3) is 0 Å². The van der Waals surface area contributed by atoms with Crippen molar-refractivity contribution >= 4 is 17.6 Å². The van der Waals surface area contributed by atoms with Crippen LogP contribution < -0.4 is 0 Å². The molecule has 0 amide bonds. The fourth-order valence-electron chi connectivity index (χ4n) is 2.72. The van der Waals surface area contributed by atoms with E-state index in [1.54, 1.807) is 18.3 Å². The summed E-state index contributed by atoms with van der Waals surface area (Å²) in [7, 11) is 0. The molecule has 0 bridgehead atoms. The van der Waals surface area contributed by atoms with Crippen molar-refractivity contribution in [3.63, 3.8) is 0 Å². The Morgan fingerprint density at radius 3 is 2.61 bits per heavy atom. The van der Waals surface area contributed by atoms with Gasteiger partial charge in [-0.1, -0.05) is 25.4 Å². The number of halogens is 1. The van der Waals surface area contributed by atoms with Crippen LogP contribution in [0.4, 0.5) is 0 Å². The van der Waals surface area contributed by atoms with Crippen LogP contribution in [-0.4, -0.2) is 17.1 Å². The minimum Gasteiger partial charge on any atom is -0.459 e. The first-order chi connectivity index (χ1) is 8.56. The average molecular weight is 268 g/mol. The number of hydrogen-bond acceptors (Lipinski definition) is 3. The SMILES string of the molecule is CC1CC(C)CC(OC(=O)c2cccnc2Cl)C1. The molecule has 1 aromatic rings. The highest BCUT2D eigenvalue weighted by molar-refractivity contribution is 6.32. The molecule has 1 aliphatic carbocycles. The number of carbonyl (C=O) groups excluding carboxylic acids is 1. The van der Waals surface area contributed by atoms with E-state index in [-0.39, 0.29) is 17.2 Å². The van der Waals surface area contributed by atoms with Gasteiger partial charge in [-0.05, 0) is 43.2 Å². The molecule has 4 heteroatoms. The van der Waals surface area contributed by atoms with E-state index in [4.69, 9.17) is 16.3 Å². The summed E-state index contributed by atoms with van der Waals surface area (Å²) >= 11 is 5.88. The van der Waals surface area contributed by atoms with Crippen molar-refractivity contribution in [3.8, 4) is 0 Å². The number of aromatic nitrogens is 1. The van der Waals surface area contributed by atoms with Gasteiger partial charge >= 0.3 is 5.97 Å². The van der Waals surface area contributed by atoms with Gasteiger partial charge in [0, 0.05) is 6.20 Å². The van der Waals surface area contributed by atoms with Gasteiger partial charge in [0.2, 0.25) is 0 Å².